The summed E-state index contributed by atoms with van der Waals surface area (Å²) in [5, 5.41) is 0.707. The van der Waals surface area contributed by atoms with Crippen LogP contribution in [0.3, 0.4) is 0 Å². The Morgan fingerprint density at radius 2 is 1.69 bits per heavy atom. The Labute approximate surface area is 176 Å². The quantitative estimate of drug-likeness (QED) is 0.649. The van der Waals surface area contributed by atoms with Gasteiger partial charge in [0.1, 0.15) is 5.75 Å². The van der Waals surface area contributed by atoms with Crippen LogP contribution in [-0.2, 0) is 20.7 Å². The van der Waals surface area contributed by atoms with Crippen LogP contribution in [0.4, 0.5) is 5.69 Å². The summed E-state index contributed by atoms with van der Waals surface area (Å²) in [7, 11) is 1.61. The minimum Gasteiger partial charge on any atom is -0.497 e. The molecule has 1 aliphatic heterocycles. The molecule has 154 valence electrons. The van der Waals surface area contributed by atoms with Gasteiger partial charge in [-0.25, -0.2) is 0 Å². The molecular weight excluding hydrogens is 392 g/mol. The molecule has 0 aromatic heterocycles. The lowest BCUT2D eigenvalue weighted by molar-refractivity contribution is -0.152. The SMILES string of the molecule is COc1ccc(CCC(=O)OCC(=O)N2CCN(c3ccccc3Cl)CC2)cc1. The number of halogens is 1. The van der Waals surface area contributed by atoms with Crippen molar-refractivity contribution in [1.82, 2.24) is 4.90 Å². The average Bonchev–Trinajstić information content (AvgIpc) is 2.77. The van der Waals surface area contributed by atoms with Gasteiger partial charge < -0.3 is 19.3 Å². The van der Waals surface area contributed by atoms with Crippen molar-refractivity contribution in [3.05, 3.63) is 59.1 Å². The first-order valence-electron chi connectivity index (χ1n) is 9.62. The van der Waals surface area contributed by atoms with E-state index in [1.165, 1.54) is 0 Å². The van der Waals surface area contributed by atoms with E-state index in [1.54, 1.807) is 12.0 Å². The molecule has 3 rings (SSSR count). The number of carbonyl (C=O) groups excluding carboxylic acids is 2. The maximum atomic E-state index is 12.3. The number of aryl methyl sites for hydroxylation is 1. The number of piperazine rings is 1. The Balaban J connectivity index is 1.38. The second kappa shape index (κ2) is 10.2. The van der Waals surface area contributed by atoms with Crippen molar-refractivity contribution >= 4 is 29.2 Å². The topological polar surface area (TPSA) is 59.1 Å². The molecule has 0 aliphatic carbocycles. The maximum absolute atomic E-state index is 12.3. The Morgan fingerprint density at radius 3 is 2.34 bits per heavy atom. The molecule has 1 fully saturated rings. The Bertz CT molecular complexity index is 833. The molecule has 1 amide bonds. The van der Waals surface area contributed by atoms with E-state index in [0.717, 1.165) is 17.0 Å². The second-order valence-corrected chi connectivity index (χ2v) is 7.24. The van der Waals surface area contributed by atoms with Crippen molar-refractivity contribution in [2.75, 3.05) is 44.8 Å². The van der Waals surface area contributed by atoms with Gasteiger partial charge in [-0.2, -0.15) is 0 Å². The van der Waals surface area contributed by atoms with Gasteiger partial charge >= 0.3 is 5.97 Å². The largest absolute Gasteiger partial charge is 0.497 e. The fourth-order valence-corrected chi connectivity index (χ4v) is 3.50. The normalized spacial score (nSPS) is 13.9. The number of carbonyl (C=O) groups is 2. The summed E-state index contributed by atoms with van der Waals surface area (Å²) >= 11 is 6.24. The van der Waals surface area contributed by atoms with E-state index in [2.05, 4.69) is 4.90 Å². The first-order valence-corrected chi connectivity index (χ1v) is 10.0. The molecule has 1 aliphatic rings. The number of rotatable bonds is 7. The van der Waals surface area contributed by atoms with Crippen LogP contribution in [0.2, 0.25) is 5.02 Å². The third-order valence-corrected chi connectivity index (χ3v) is 5.28. The number of para-hydroxylation sites is 1. The van der Waals surface area contributed by atoms with Crippen molar-refractivity contribution in [2.24, 2.45) is 0 Å². The summed E-state index contributed by atoms with van der Waals surface area (Å²) in [6.07, 6.45) is 0.799. The van der Waals surface area contributed by atoms with Crippen LogP contribution in [-0.4, -0.2) is 56.7 Å². The van der Waals surface area contributed by atoms with Gasteiger partial charge in [0.05, 0.1) is 17.8 Å². The van der Waals surface area contributed by atoms with Crippen molar-refractivity contribution in [3.8, 4) is 5.75 Å². The lowest BCUT2D eigenvalue weighted by Crippen LogP contribution is -2.50. The van der Waals surface area contributed by atoms with Crippen molar-refractivity contribution < 1.29 is 19.1 Å². The molecule has 0 bridgehead atoms. The highest BCUT2D eigenvalue weighted by Crippen LogP contribution is 2.26. The minimum absolute atomic E-state index is 0.165. The summed E-state index contributed by atoms with van der Waals surface area (Å²) in [4.78, 5) is 28.2. The summed E-state index contributed by atoms with van der Waals surface area (Å²) < 4.78 is 10.3. The molecule has 0 atom stereocenters. The van der Waals surface area contributed by atoms with E-state index in [0.29, 0.717) is 37.6 Å². The Kier molecular flexibility index (Phi) is 7.36. The van der Waals surface area contributed by atoms with Gasteiger partial charge in [0.2, 0.25) is 0 Å². The van der Waals surface area contributed by atoms with E-state index in [1.807, 2.05) is 48.5 Å². The van der Waals surface area contributed by atoms with Crippen molar-refractivity contribution in [3.63, 3.8) is 0 Å². The van der Waals surface area contributed by atoms with E-state index in [4.69, 9.17) is 21.1 Å². The monoisotopic (exact) mass is 416 g/mol. The van der Waals surface area contributed by atoms with Gasteiger partial charge in [0.25, 0.3) is 5.91 Å². The molecular formula is C22H25ClN2O4. The van der Waals surface area contributed by atoms with Gasteiger partial charge in [0.15, 0.2) is 6.61 Å². The molecule has 0 radical (unpaired) electrons. The number of ether oxygens (including phenoxy) is 2. The molecule has 0 spiro atoms. The predicted molar refractivity (Wildman–Crippen MR) is 113 cm³/mol. The molecule has 29 heavy (non-hydrogen) atoms. The predicted octanol–water partition coefficient (Wildman–Crippen LogP) is 3.17. The number of hydrogen-bond donors (Lipinski definition) is 0. The highest BCUT2D eigenvalue weighted by molar-refractivity contribution is 6.33. The Hall–Kier alpha value is -2.73. The van der Waals surface area contributed by atoms with Crippen molar-refractivity contribution in [1.29, 1.82) is 0 Å². The van der Waals surface area contributed by atoms with Crippen molar-refractivity contribution in [2.45, 2.75) is 12.8 Å². The van der Waals surface area contributed by atoms with Crippen LogP contribution in [0, 0.1) is 0 Å². The van der Waals surface area contributed by atoms with Gasteiger partial charge in [0, 0.05) is 32.6 Å². The van der Waals surface area contributed by atoms with Crippen LogP contribution in [0.25, 0.3) is 0 Å². The maximum Gasteiger partial charge on any atom is 0.306 e. The fourth-order valence-electron chi connectivity index (χ4n) is 3.25. The number of anilines is 1. The summed E-state index contributed by atoms with van der Waals surface area (Å²) in [6, 6.07) is 15.2. The van der Waals surface area contributed by atoms with Crippen LogP contribution in [0.5, 0.6) is 5.75 Å². The minimum atomic E-state index is -0.371. The van der Waals surface area contributed by atoms with E-state index < -0.39 is 0 Å². The Morgan fingerprint density at radius 1 is 1.00 bits per heavy atom. The number of nitrogens with zero attached hydrogens (tertiary/aromatic N) is 2. The molecule has 0 saturated carbocycles. The molecule has 2 aromatic rings. The molecule has 1 saturated heterocycles. The zero-order valence-electron chi connectivity index (χ0n) is 16.5. The smallest absolute Gasteiger partial charge is 0.306 e. The first-order chi connectivity index (χ1) is 14.1. The molecule has 6 nitrogen and oxygen atoms in total. The molecule has 0 unspecified atom stereocenters. The number of hydrogen-bond acceptors (Lipinski definition) is 5. The molecule has 7 heteroatoms. The standard InChI is InChI=1S/C22H25ClN2O4/c1-28-18-9-6-17(7-10-18)8-11-22(27)29-16-21(26)25-14-12-24(13-15-25)20-5-3-2-4-19(20)23/h2-7,9-10H,8,11-16H2,1H3. The zero-order valence-corrected chi connectivity index (χ0v) is 17.2. The molecule has 0 N–H and O–H groups in total. The number of benzene rings is 2. The second-order valence-electron chi connectivity index (χ2n) is 6.83. The zero-order chi connectivity index (χ0) is 20.6. The summed E-state index contributed by atoms with van der Waals surface area (Å²) in [5.41, 5.74) is 2.00. The first kappa shape index (κ1) is 21.0. The van der Waals surface area contributed by atoms with Gasteiger partial charge in [-0.05, 0) is 36.2 Å². The lowest BCUT2D eigenvalue weighted by Gasteiger charge is -2.36. The number of amides is 1. The van der Waals surface area contributed by atoms with Crippen LogP contribution < -0.4 is 9.64 Å². The van der Waals surface area contributed by atoms with Crippen LogP contribution in [0.15, 0.2) is 48.5 Å². The van der Waals surface area contributed by atoms with Crippen LogP contribution >= 0.6 is 11.6 Å². The summed E-state index contributed by atoms with van der Waals surface area (Å²) in [6.45, 7) is 2.33. The highest BCUT2D eigenvalue weighted by Gasteiger charge is 2.23. The van der Waals surface area contributed by atoms with Gasteiger partial charge in [-0.1, -0.05) is 35.9 Å². The van der Waals surface area contributed by atoms with E-state index >= 15 is 0 Å². The average molecular weight is 417 g/mol. The summed E-state index contributed by atoms with van der Waals surface area (Å²) in [5.74, 6) is 0.238. The van der Waals surface area contributed by atoms with E-state index in [9.17, 15) is 9.59 Å². The molecule has 1 heterocycles. The van der Waals surface area contributed by atoms with Gasteiger partial charge in [-0.3, -0.25) is 9.59 Å². The number of methoxy groups -OCH3 is 1. The number of esters is 1. The third kappa shape index (κ3) is 5.87. The lowest BCUT2D eigenvalue weighted by atomic mass is 10.1. The van der Waals surface area contributed by atoms with Gasteiger partial charge in [-0.15, -0.1) is 0 Å². The molecule has 2 aromatic carbocycles. The van der Waals surface area contributed by atoms with E-state index in [-0.39, 0.29) is 24.9 Å². The third-order valence-electron chi connectivity index (χ3n) is 4.96. The fraction of sp³-hybridized carbons (Fsp3) is 0.364. The highest BCUT2D eigenvalue weighted by atomic mass is 35.5. The van der Waals surface area contributed by atoms with Crippen LogP contribution in [0.1, 0.15) is 12.0 Å².